The van der Waals surface area contributed by atoms with Gasteiger partial charge in [-0.15, -0.1) is 11.6 Å². The predicted molar refractivity (Wildman–Crippen MR) is 119 cm³/mol. The molecule has 1 aliphatic heterocycles. The number of rotatable bonds is 8. The van der Waals surface area contributed by atoms with Gasteiger partial charge in [-0.05, 0) is 49.4 Å². The van der Waals surface area contributed by atoms with E-state index in [2.05, 4.69) is 10.2 Å². The molecule has 1 N–H and O–H groups in total. The minimum absolute atomic E-state index is 0.0164. The number of hydrogen-bond acceptors (Lipinski definition) is 4. The number of ether oxygens (including phenoxy) is 1. The van der Waals surface area contributed by atoms with Crippen LogP contribution in [-0.2, 0) is 12.7 Å². The van der Waals surface area contributed by atoms with Gasteiger partial charge >= 0.3 is 6.18 Å². The van der Waals surface area contributed by atoms with Crippen molar-refractivity contribution in [3.63, 3.8) is 0 Å². The van der Waals surface area contributed by atoms with Crippen molar-refractivity contribution in [3.05, 3.63) is 58.9 Å². The second-order valence-corrected chi connectivity index (χ2v) is 8.32. The summed E-state index contributed by atoms with van der Waals surface area (Å²) < 4.78 is 60.6. The Hall–Kier alpha value is -2.36. The lowest BCUT2D eigenvalue weighted by Crippen LogP contribution is -2.44. The fraction of sp³-hybridized carbons (Fsp3) is 0.435. The Labute approximate surface area is 195 Å². The van der Waals surface area contributed by atoms with Gasteiger partial charge in [0.2, 0.25) is 0 Å². The number of hydrogen-bond donors (Lipinski definition) is 1. The van der Waals surface area contributed by atoms with E-state index in [0.29, 0.717) is 25.4 Å². The molecular formula is C23H26ClF4N3O2. The summed E-state index contributed by atoms with van der Waals surface area (Å²) in [6.07, 6.45) is -4.04. The summed E-state index contributed by atoms with van der Waals surface area (Å²) in [6.45, 7) is 3.36. The molecule has 1 saturated heterocycles. The molecule has 0 spiro atoms. The molecule has 33 heavy (non-hydrogen) atoms. The maximum atomic E-state index is 14.2. The summed E-state index contributed by atoms with van der Waals surface area (Å²) in [5.41, 5.74) is -0.701. The minimum atomic E-state index is -4.57. The highest BCUT2D eigenvalue weighted by Crippen LogP contribution is 2.34. The fourth-order valence-electron chi connectivity index (χ4n) is 3.50. The lowest BCUT2D eigenvalue weighted by Gasteiger charge is -2.33. The quantitative estimate of drug-likeness (QED) is 0.328. The lowest BCUT2D eigenvalue weighted by molar-refractivity contribution is -0.138. The van der Waals surface area contributed by atoms with Crippen molar-refractivity contribution in [2.75, 3.05) is 51.0 Å². The van der Waals surface area contributed by atoms with E-state index in [1.807, 2.05) is 11.9 Å². The van der Waals surface area contributed by atoms with Crippen LogP contribution in [0.5, 0.6) is 5.75 Å². The van der Waals surface area contributed by atoms with Gasteiger partial charge < -0.3 is 15.0 Å². The van der Waals surface area contributed by atoms with Gasteiger partial charge in [0.05, 0.1) is 12.2 Å². The van der Waals surface area contributed by atoms with Gasteiger partial charge in [0, 0.05) is 49.9 Å². The molecule has 1 amide bonds. The molecule has 1 aliphatic rings. The number of carbonyl (C=O) groups is 1. The first kappa shape index (κ1) is 25.3. The van der Waals surface area contributed by atoms with Gasteiger partial charge in [0.1, 0.15) is 0 Å². The minimum Gasteiger partial charge on any atom is -0.490 e. The molecule has 2 aromatic rings. The molecule has 0 radical (unpaired) electrons. The normalized spacial score (nSPS) is 15.5. The first-order valence-electron chi connectivity index (χ1n) is 10.6. The molecule has 10 heteroatoms. The van der Waals surface area contributed by atoms with E-state index >= 15 is 0 Å². The van der Waals surface area contributed by atoms with Crippen molar-refractivity contribution in [1.29, 1.82) is 0 Å². The zero-order chi connectivity index (χ0) is 24.0. The number of nitrogens with one attached hydrogen (secondary N) is 1. The molecule has 180 valence electrons. The first-order valence-corrected chi connectivity index (χ1v) is 11.1. The molecule has 3 rings (SSSR count). The third kappa shape index (κ3) is 7.06. The number of alkyl halides is 4. The third-order valence-corrected chi connectivity index (χ3v) is 5.66. The second-order valence-electron chi connectivity index (χ2n) is 7.94. The maximum absolute atomic E-state index is 14.2. The number of benzene rings is 2. The zero-order valence-electron chi connectivity index (χ0n) is 18.2. The number of nitrogens with zero attached hydrogens (tertiary/aromatic N) is 2. The average molecular weight is 488 g/mol. The molecule has 5 nitrogen and oxygen atoms in total. The van der Waals surface area contributed by atoms with Gasteiger partial charge in [-0.2, -0.15) is 13.2 Å². The third-order valence-electron chi connectivity index (χ3n) is 5.39. The van der Waals surface area contributed by atoms with Crippen LogP contribution in [0.2, 0.25) is 0 Å². The van der Waals surface area contributed by atoms with Crippen LogP contribution in [0.1, 0.15) is 27.9 Å². The van der Waals surface area contributed by atoms with E-state index in [9.17, 15) is 22.4 Å². The number of halogens is 5. The van der Waals surface area contributed by atoms with Crippen molar-refractivity contribution in [3.8, 4) is 5.75 Å². The standard InChI is InChI=1S/C23H26ClF4N3O2/c1-30-8-10-31(11-9-30)15-17-3-5-18(14-19(17)23(26,27)28)29-22(32)16-4-6-21(20(25)13-16)33-12-2-7-24/h3-6,13-14H,2,7-12,15H2,1H3,(H,29,32). The number of piperazine rings is 1. The molecule has 0 bridgehead atoms. The highest BCUT2D eigenvalue weighted by atomic mass is 35.5. The maximum Gasteiger partial charge on any atom is 0.416 e. The highest BCUT2D eigenvalue weighted by molar-refractivity contribution is 6.17. The van der Waals surface area contributed by atoms with Crippen molar-refractivity contribution in [1.82, 2.24) is 9.80 Å². The van der Waals surface area contributed by atoms with Crippen LogP contribution in [0.3, 0.4) is 0 Å². The van der Waals surface area contributed by atoms with Crippen LogP contribution in [0.15, 0.2) is 36.4 Å². The highest BCUT2D eigenvalue weighted by Gasteiger charge is 2.34. The van der Waals surface area contributed by atoms with Crippen molar-refractivity contribution >= 4 is 23.2 Å². The SMILES string of the molecule is CN1CCN(Cc2ccc(NC(=O)c3ccc(OCCCCl)c(F)c3)cc2C(F)(F)F)CC1. The van der Waals surface area contributed by atoms with Gasteiger partial charge in [-0.25, -0.2) is 4.39 Å². The monoisotopic (exact) mass is 487 g/mol. The Bertz CT molecular complexity index is 963. The Morgan fingerprint density at radius 2 is 1.85 bits per heavy atom. The number of anilines is 1. The van der Waals surface area contributed by atoms with Crippen LogP contribution in [0.25, 0.3) is 0 Å². The first-order chi connectivity index (χ1) is 15.7. The van der Waals surface area contributed by atoms with E-state index in [4.69, 9.17) is 16.3 Å². The van der Waals surface area contributed by atoms with Crippen LogP contribution in [-0.4, -0.2) is 61.4 Å². The molecule has 0 aliphatic carbocycles. The van der Waals surface area contributed by atoms with Crippen molar-refractivity contribution in [2.45, 2.75) is 19.1 Å². The average Bonchev–Trinajstić information content (AvgIpc) is 2.76. The Balaban J connectivity index is 1.72. The zero-order valence-corrected chi connectivity index (χ0v) is 19.0. The molecule has 0 aromatic heterocycles. The van der Waals surface area contributed by atoms with Gasteiger partial charge in [-0.1, -0.05) is 6.07 Å². The summed E-state index contributed by atoms with van der Waals surface area (Å²) >= 11 is 5.55. The molecule has 2 aromatic carbocycles. The fourth-order valence-corrected chi connectivity index (χ4v) is 3.61. The Morgan fingerprint density at radius 3 is 2.48 bits per heavy atom. The van der Waals surface area contributed by atoms with Crippen LogP contribution < -0.4 is 10.1 Å². The largest absolute Gasteiger partial charge is 0.490 e. The lowest BCUT2D eigenvalue weighted by atomic mass is 10.0. The Morgan fingerprint density at radius 1 is 1.12 bits per heavy atom. The number of likely N-dealkylation sites (N-methyl/N-ethyl adjacent to an activating group) is 1. The summed E-state index contributed by atoms with van der Waals surface area (Å²) in [5, 5.41) is 2.42. The van der Waals surface area contributed by atoms with Crippen molar-refractivity contribution in [2.24, 2.45) is 0 Å². The van der Waals surface area contributed by atoms with Gasteiger partial charge in [0.15, 0.2) is 11.6 Å². The van der Waals surface area contributed by atoms with E-state index < -0.39 is 23.5 Å². The molecular weight excluding hydrogens is 462 g/mol. The smallest absolute Gasteiger partial charge is 0.416 e. The number of carbonyl (C=O) groups excluding carboxylic acids is 1. The van der Waals surface area contributed by atoms with Crippen LogP contribution in [0, 0.1) is 5.82 Å². The van der Waals surface area contributed by atoms with Gasteiger partial charge in [0.25, 0.3) is 5.91 Å². The van der Waals surface area contributed by atoms with E-state index in [1.54, 1.807) is 0 Å². The topological polar surface area (TPSA) is 44.8 Å². The second kappa shape index (κ2) is 11.2. The number of amides is 1. The summed E-state index contributed by atoms with van der Waals surface area (Å²) in [6, 6.07) is 7.37. The summed E-state index contributed by atoms with van der Waals surface area (Å²) in [4.78, 5) is 16.6. The van der Waals surface area contributed by atoms with E-state index in [-0.39, 0.29) is 35.7 Å². The van der Waals surface area contributed by atoms with Crippen molar-refractivity contribution < 1.29 is 27.1 Å². The predicted octanol–water partition coefficient (Wildman–Crippen LogP) is 4.85. The molecule has 1 heterocycles. The van der Waals surface area contributed by atoms with Crippen LogP contribution in [0.4, 0.5) is 23.2 Å². The summed E-state index contributed by atoms with van der Waals surface area (Å²) in [5.74, 6) is -1.11. The van der Waals surface area contributed by atoms with Gasteiger partial charge in [-0.3, -0.25) is 9.69 Å². The summed E-state index contributed by atoms with van der Waals surface area (Å²) in [7, 11) is 1.98. The Kier molecular flexibility index (Phi) is 8.56. The van der Waals surface area contributed by atoms with E-state index in [1.165, 1.54) is 24.3 Å². The molecule has 0 saturated carbocycles. The molecule has 0 unspecified atom stereocenters. The van der Waals surface area contributed by atoms with Crippen LogP contribution >= 0.6 is 11.6 Å². The molecule has 0 atom stereocenters. The molecule has 1 fully saturated rings. The van der Waals surface area contributed by atoms with E-state index in [0.717, 1.165) is 25.2 Å².